The Bertz CT molecular complexity index is 1020. The summed E-state index contributed by atoms with van der Waals surface area (Å²) in [5.41, 5.74) is 3.55. The highest BCUT2D eigenvalue weighted by Crippen LogP contribution is 2.24. The lowest BCUT2D eigenvalue weighted by atomic mass is 10.1. The van der Waals surface area contributed by atoms with Crippen molar-refractivity contribution in [2.75, 3.05) is 5.32 Å². The van der Waals surface area contributed by atoms with Crippen LogP contribution in [0, 0.1) is 19.7 Å². The van der Waals surface area contributed by atoms with Gasteiger partial charge in [-0.05, 0) is 48.7 Å². The van der Waals surface area contributed by atoms with Crippen molar-refractivity contribution in [3.63, 3.8) is 0 Å². The quantitative estimate of drug-likeness (QED) is 0.612. The van der Waals surface area contributed by atoms with Gasteiger partial charge in [0.05, 0.1) is 17.5 Å². The van der Waals surface area contributed by atoms with Crippen LogP contribution in [0.5, 0.6) is 0 Å². The summed E-state index contributed by atoms with van der Waals surface area (Å²) in [7, 11) is 0. The predicted octanol–water partition coefficient (Wildman–Crippen LogP) is 5.12. The third-order valence-electron chi connectivity index (χ3n) is 4.41. The molecule has 148 valence electrons. The minimum atomic E-state index is -4.38. The number of fused-ring (bicyclic) bond motifs is 1. The molecular formula is C20H19F4N3O. The summed E-state index contributed by atoms with van der Waals surface area (Å²) in [6, 6.07) is 8.49. The van der Waals surface area contributed by atoms with Crippen LogP contribution in [0.4, 0.5) is 23.4 Å². The van der Waals surface area contributed by atoms with Crippen molar-refractivity contribution in [3.05, 3.63) is 59.0 Å². The maximum absolute atomic E-state index is 13.4. The number of carbonyl (C=O) groups is 1. The van der Waals surface area contributed by atoms with Gasteiger partial charge in [-0.2, -0.15) is 13.2 Å². The fourth-order valence-corrected chi connectivity index (χ4v) is 2.92. The Hall–Kier alpha value is -2.90. The minimum absolute atomic E-state index is 0.245. The Morgan fingerprint density at radius 2 is 1.89 bits per heavy atom. The Balaban J connectivity index is 1.79. The van der Waals surface area contributed by atoms with Crippen LogP contribution >= 0.6 is 0 Å². The van der Waals surface area contributed by atoms with E-state index in [1.807, 2.05) is 16.8 Å². The molecule has 0 spiro atoms. The molecule has 0 aliphatic carbocycles. The molecule has 4 nitrogen and oxygen atoms in total. The molecule has 2 heterocycles. The van der Waals surface area contributed by atoms with Gasteiger partial charge in [-0.15, -0.1) is 0 Å². The van der Waals surface area contributed by atoms with E-state index < -0.39 is 24.9 Å². The van der Waals surface area contributed by atoms with E-state index >= 15 is 0 Å². The molecule has 2 aromatic heterocycles. The van der Waals surface area contributed by atoms with Crippen LogP contribution in [0.1, 0.15) is 29.5 Å². The van der Waals surface area contributed by atoms with E-state index in [2.05, 4.69) is 10.3 Å². The molecule has 8 heteroatoms. The number of hydrogen-bond acceptors (Lipinski definition) is 2. The van der Waals surface area contributed by atoms with E-state index in [-0.39, 0.29) is 11.6 Å². The zero-order chi connectivity index (χ0) is 20.5. The lowest BCUT2D eigenvalue weighted by Gasteiger charge is -2.11. The summed E-state index contributed by atoms with van der Waals surface area (Å²) in [4.78, 5) is 16.1. The molecule has 0 saturated heterocycles. The topological polar surface area (TPSA) is 46.9 Å². The van der Waals surface area contributed by atoms with E-state index in [4.69, 9.17) is 0 Å². The molecule has 28 heavy (non-hydrogen) atoms. The first-order valence-electron chi connectivity index (χ1n) is 8.70. The average Bonchev–Trinajstić information content (AvgIpc) is 2.98. The highest BCUT2D eigenvalue weighted by Gasteiger charge is 2.28. The van der Waals surface area contributed by atoms with Crippen LogP contribution in [0.3, 0.4) is 0 Å². The monoisotopic (exact) mass is 393 g/mol. The van der Waals surface area contributed by atoms with Gasteiger partial charge in [-0.3, -0.25) is 4.79 Å². The minimum Gasteiger partial charge on any atom is -0.342 e. The van der Waals surface area contributed by atoms with E-state index in [0.717, 1.165) is 11.1 Å². The maximum Gasteiger partial charge on any atom is 0.389 e. The van der Waals surface area contributed by atoms with Crippen molar-refractivity contribution in [3.8, 4) is 0 Å². The first-order chi connectivity index (χ1) is 13.1. The van der Waals surface area contributed by atoms with Crippen molar-refractivity contribution >= 4 is 22.8 Å². The van der Waals surface area contributed by atoms with Crippen molar-refractivity contribution in [2.24, 2.45) is 0 Å². The van der Waals surface area contributed by atoms with Gasteiger partial charge in [-0.1, -0.05) is 12.1 Å². The Labute approximate surface area is 159 Å². The molecule has 1 N–H and O–H groups in total. The second-order valence-electron chi connectivity index (χ2n) is 6.75. The van der Waals surface area contributed by atoms with Gasteiger partial charge in [0.1, 0.15) is 11.6 Å². The lowest BCUT2D eigenvalue weighted by molar-refractivity contribution is -0.142. The number of anilines is 1. The second kappa shape index (κ2) is 7.61. The van der Waals surface area contributed by atoms with E-state index in [1.165, 1.54) is 6.07 Å². The molecule has 1 aromatic carbocycles. The van der Waals surface area contributed by atoms with E-state index in [9.17, 15) is 22.4 Å². The van der Waals surface area contributed by atoms with E-state index in [0.29, 0.717) is 23.2 Å². The van der Waals surface area contributed by atoms with E-state index in [1.54, 1.807) is 32.0 Å². The summed E-state index contributed by atoms with van der Waals surface area (Å²) in [5.74, 6) is -0.743. The average molecular weight is 393 g/mol. The van der Waals surface area contributed by atoms with Crippen LogP contribution in [0.2, 0.25) is 0 Å². The highest BCUT2D eigenvalue weighted by atomic mass is 19.4. The fraction of sp³-hybridized carbons (Fsp3) is 0.300. The number of amides is 1. The van der Waals surface area contributed by atoms with Crippen LogP contribution < -0.4 is 5.32 Å². The Morgan fingerprint density at radius 1 is 1.14 bits per heavy atom. The normalized spacial score (nSPS) is 11.8. The molecule has 0 bridgehead atoms. The summed E-state index contributed by atoms with van der Waals surface area (Å²) in [6.45, 7) is 3.94. The summed E-state index contributed by atoms with van der Waals surface area (Å²) in [6.07, 6.45) is -4.37. The molecular weight excluding hydrogens is 374 g/mol. The molecule has 0 atom stereocenters. The molecule has 1 amide bonds. The number of rotatable bonds is 5. The number of benzene rings is 1. The van der Waals surface area contributed by atoms with Gasteiger partial charge in [-0.25, -0.2) is 9.37 Å². The molecule has 0 radical (unpaired) electrons. The van der Waals surface area contributed by atoms with Crippen LogP contribution in [0.25, 0.3) is 11.0 Å². The summed E-state index contributed by atoms with van der Waals surface area (Å²) in [5, 5.41) is 2.45. The molecule has 3 rings (SSSR count). The van der Waals surface area contributed by atoms with Gasteiger partial charge in [0.15, 0.2) is 0 Å². The maximum atomic E-state index is 13.4. The molecule has 0 unspecified atom stereocenters. The van der Waals surface area contributed by atoms with Crippen LogP contribution in [0.15, 0.2) is 36.5 Å². The summed E-state index contributed by atoms with van der Waals surface area (Å²) >= 11 is 0. The van der Waals surface area contributed by atoms with Gasteiger partial charge in [0, 0.05) is 19.2 Å². The number of halogens is 4. The number of nitrogens with one attached hydrogen (secondary N) is 1. The van der Waals surface area contributed by atoms with Crippen molar-refractivity contribution in [1.82, 2.24) is 9.55 Å². The first kappa shape index (κ1) is 19.9. The molecule has 0 saturated carbocycles. The number of aryl methyl sites for hydroxylation is 2. The van der Waals surface area contributed by atoms with Crippen molar-refractivity contribution < 1.29 is 22.4 Å². The highest BCUT2D eigenvalue weighted by molar-refractivity contribution is 5.92. The van der Waals surface area contributed by atoms with Gasteiger partial charge < -0.3 is 9.88 Å². The number of alkyl halides is 3. The Morgan fingerprint density at radius 3 is 2.57 bits per heavy atom. The molecule has 0 aliphatic rings. The number of hydrogen-bond donors (Lipinski definition) is 1. The lowest BCUT2D eigenvalue weighted by Crippen LogP contribution is -2.17. The molecule has 0 aliphatic heterocycles. The number of pyridine rings is 1. The van der Waals surface area contributed by atoms with Gasteiger partial charge in [0.2, 0.25) is 5.91 Å². The fourth-order valence-electron chi connectivity index (χ4n) is 2.92. The van der Waals surface area contributed by atoms with Crippen LogP contribution in [-0.2, 0) is 11.3 Å². The van der Waals surface area contributed by atoms with Crippen molar-refractivity contribution in [1.29, 1.82) is 0 Å². The zero-order valence-corrected chi connectivity index (χ0v) is 15.4. The third kappa shape index (κ3) is 4.68. The van der Waals surface area contributed by atoms with Gasteiger partial charge in [0.25, 0.3) is 0 Å². The Kier molecular flexibility index (Phi) is 5.40. The first-order valence-corrected chi connectivity index (χ1v) is 8.70. The van der Waals surface area contributed by atoms with Crippen molar-refractivity contribution in [2.45, 2.75) is 39.4 Å². The SMILES string of the molecule is Cc1cc(Cn2ccc3nc(NC(=O)CCC(F)(F)F)c(C)cc32)ccc1F. The smallest absolute Gasteiger partial charge is 0.342 e. The molecule has 0 fully saturated rings. The third-order valence-corrected chi connectivity index (χ3v) is 4.41. The molecule has 3 aromatic rings. The second-order valence-corrected chi connectivity index (χ2v) is 6.75. The predicted molar refractivity (Wildman–Crippen MR) is 98.6 cm³/mol. The number of carbonyl (C=O) groups excluding carboxylic acids is 1. The van der Waals surface area contributed by atoms with Gasteiger partial charge >= 0.3 is 6.18 Å². The number of nitrogens with zero attached hydrogens (tertiary/aromatic N) is 2. The van der Waals surface area contributed by atoms with Crippen LogP contribution in [-0.4, -0.2) is 21.6 Å². The summed E-state index contributed by atoms with van der Waals surface area (Å²) < 4.78 is 52.1. The number of aromatic nitrogens is 2. The zero-order valence-electron chi connectivity index (χ0n) is 15.4. The largest absolute Gasteiger partial charge is 0.389 e. The standard InChI is InChI=1S/C20H19F4N3O/c1-12-9-14(3-4-15(12)21)11-27-8-6-16-17(27)10-13(2)19(25-16)26-18(28)5-7-20(22,23)24/h3-4,6,8-10H,5,7,11H2,1-2H3,(H,25,26,28).